The molecule has 0 amide bonds. The van der Waals surface area contributed by atoms with Crippen LogP contribution in [0.5, 0.6) is 0 Å². The summed E-state index contributed by atoms with van der Waals surface area (Å²) in [7, 11) is -3.81. The first-order valence-electron chi connectivity index (χ1n) is 6.50. The second-order valence-electron chi connectivity index (χ2n) is 4.77. The SMILES string of the molecule is O=C=NC1CCCCCN1S(=O)(=O)c1cc(Cl)cc(Cl)c1. The molecular weight excluding hydrogens is 335 g/mol. The molecule has 2 rings (SSSR count). The maximum absolute atomic E-state index is 12.7. The number of hydrogen-bond donors (Lipinski definition) is 0. The maximum atomic E-state index is 12.7. The van der Waals surface area contributed by atoms with Gasteiger partial charge >= 0.3 is 0 Å². The normalized spacial score (nSPS) is 20.6. The third-order valence-electron chi connectivity index (χ3n) is 3.32. The van der Waals surface area contributed by atoms with Gasteiger partial charge in [-0.25, -0.2) is 13.2 Å². The van der Waals surface area contributed by atoms with E-state index in [-0.39, 0.29) is 14.9 Å². The number of isocyanates is 1. The summed E-state index contributed by atoms with van der Waals surface area (Å²) >= 11 is 11.7. The molecule has 1 aromatic rings. The van der Waals surface area contributed by atoms with Crippen LogP contribution in [0.15, 0.2) is 28.1 Å². The van der Waals surface area contributed by atoms with Crippen molar-refractivity contribution in [2.24, 2.45) is 4.99 Å². The van der Waals surface area contributed by atoms with Crippen molar-refractivity contribution < 1.29 is 13.2 Å². The van der Waals surface area contributed by atoms with Gasteiger partial charge < -0.3 is 0 Å². The predicted octanol–water partition coefficient (Wildman–Crippen LogP) is 3.22. The molecule has 0 spiro atoms. The van der Waals surface area contributed by atoms with Gasteiger partial charge in [0.25, 0.3) is 0 Å². The van der Waals surface area contributed by atoms with Gasteiger partial charge in [-0.3, -0.25) is 0 Å². The molecule has 5 nitrogen and oxygen atoms in total. The van der Waals surface area contributed by atoms with E-state index in [0.29, 0.717) is 13.0 Å². The van der Waals surface area contributed by atoms with Crippen LogP contribution in [0.3, 0.4) is 0 Å². The molecule has 1 aromatic carbocycles. The Morgan fingerprint density at radius 1 is 1.14 bits per heavy atom. The lowest BCUT2D eigenvalue weighted by atomic mass is 10.2. The van der Waals surface area contributed by atoms with Crippen LogP contribution in [0.4, 0.5) is 0 Å². The zero-order valence-corrected chi connectivity index (χ0v) is 13.5. The van der Waals surface area contributed by atoms with E-state index in [1.165, 1.54) is 28.6 Å². The molecule has 0 aliphatic carbocycles. The van der Waals surface area contributed by atoms with Crippen LogP contribution in [-0.4, -0.2) is 31.5 Å². The number of nitrogens with zero attached hydrogens (tertiary/aromatic N) is 2. The van der Waals surface area contributed by atoms with E-state index in [9.17, 15) is 13.2 Å². The molecule has 1 saturated heterocycles. The molecule has 8 heteroatoms. The molecule has 0 bridgehead atoms. The molecule has 114 valence electrons. The summed E-state index contributed by atoms with van der Waals surface area (Å²) in [5.74, 6) is 0. The first kappa shape index (κ1) is 16.5. The highest BCUT2D eigenvalue weighted by Crippen LogP contribution is 2.29. The molecule has 21 heavy (non-hydrogen) atoms. The fourth-order valence-electron chi connectivity index (χ4n) is 2.35. The molecule has 1 atom stereocenters. The number of rotatable bonds is 3. The van der Waals surface area contributed by atoms with Crippen LogP contribution < -0.4 is 0 Å². The summed E-state index contributed by atoms with van der Waals surface area (Å²) in [5.41, 5.74) is 0. The van der Waals surface area contributed by atoms with Gasteiger partial charge in [0.05, 0.1) is 4.90 Å². The lowest BCUT2D eigenvalue weighted by Gasteiger charge is -2.25. The van der Waals surface area contributed by atoms with Crippen LogP contribution in [0.25, 0.3) is 0 Å². The quantitative estimate of drug-likeness (QED) is 0.622. The predicted molar refractivity (Wildman–Crippen MR) is 80.7 cm³/mol. The minimum atomic E-state index is -3.81. The van der Waals surface area contributed by atoms with E-state index in [4.69, 9.17) is 23.2 Å². The van der Waals surface area contributed by atoms with Gasteiger partial charge in [0.1, 0.15) is 6.17 Å². The summed E-state index contributed by atoms with van der Waals surface area (Å²) in [6, 6.07) is 4.15. The van der Waals surface area contributed by atoms with Gasteiger partial charge in [-0.05, 0) is 37.5 Å². The number of hydrogen-bond acceptors (Lipinski definition) is 4. The van der Waals surface area contributed by atoms with E-state index >= 15 is 0 Å². The molecular formula is C13H14Cl2N2O3S. The van der Waals surface area contributed by atoms with E-state index in [2.05, 4.69) is 4.99 Å². The van der Waals surface area contributed by atoms with Crippen LogP contribution in [0.1, 0.15) is 25.7 Å². The summed E-state index contributed by atoms with van der Waals surface area (Å²) in [6.07, 6.45) is 3.68. The summed E-state index contributed by atoms with van der Waals surface area (Å²) < 4.78 is 26.7. The Bertz CT molecular complexity index is 652. The highest BCUT2D eigenvalue weighted by atomic mass is 35.5. The topological polar surface area (TPSA) is 66.8 Å². The Morgan fingerprint density at radius 2 is 1.81 bits per heavy atom. The fraction of sp³-hybridized carbons (Fsp3) is 0.462. The average Bonchev–Trinajstić information content (AvgIpc) is 2.64. The fourth-order valence-corrected chi connectivity index (χ4v) is 4.67. The van der Waals surface area contributed by atoms with Crippen molar-refractivity contribution >= 4 is 39.3 Å². The Hall–Kier alpha value is -0.910. The van der Waals surface area contributed by atoms with Crippen molar-refractivity contribution in [3.63, 3.8) is 0 Å². The van der Waals surface area contributed by atoms with Crippen LogP contribution in [0.2, 0.25) is 10.0 Å². The highest BCUT2D eigenvalue weighted by Gasteiger charge is 2.32. The van der Waals surface area contributed by atoms with Crippen molar-refractivity contribution in [3.8, 4) is 0 Å². The van der Waals surface area contributed by atoms with Gasteiger partial charge in [-0.15, -0.1) is 0 Å². The van der Waals surface area contributed by atoms with Crippen molar-refractivity contribution in [1.82, 2.24) is 4.31 Å². The minimum Gasteiger partial charge on any atom is -0.211 e. The highest BCUT2D eigenvalue weighted by molar-refractivity contribution is 7.89. The second-order valence-corrected chi connectivity index (χ2v) is 7.53. The maximum Gasteiger partial charge on any atom is 0.245 e. The third kappa shape index (κ3) is 3.84. The van der Waals surface area contributed by atoms with Crippen molar-refractivity contribution in [1.29, 1.82) is 0 Å². The summed E-state index contributed by atoms with van der Waals surface area (Å²) in [5, 5.41) is 0.484. The molecule has 0 aromatic heterocycles. The van der Waals surface area contributed by atoms with E-state index in [1.807, 2.05) is 0 Å². The molecule has 0 radical (unpaired) electrons. The van der Waals surface area contributed by atoms with Crippen molar-refractivity contribution in [2.45, 2.75) is 36.7 Å². The van der Waals surface area contributed by atoms with Gasteiger partial charge in [0.2, 0.25) is 16.1 Å². The molecule has 1 unspecified atom stereocenters. The smallest absolute Gasteiger partial charge is 0.211 e. The minimum absolute atomic E-state index is 0.00741. The van der Waals surface area contributed by atoms with Crippen LogP contribution >= 0.6 is 23.2 Å². The standard InChI is InChI=1S/C13H14Cl2N2O3S/c14-10-6-11(15)8-12(7-10)21(19,20)17-5-3-1-2-4-13(17)16-9-18/h6-8,13H,1-5H2. The lowest BCUT2D eigenvalue weighted by Crippen LogP contribution is -2.38. The number of aliphatic imine (C=N–C) groups is 1. The number of benzene rings is 1. The zero-order chi connectivity index (χ0) is 15.5. The molecule has 0 saturated carbocycles. The average molecular weight is 349 g/mol. The molecule has 1 fully saturated rings. The summed E-state index contributed by atoms with van der Waals surface area (Å²) in [4.78, 5) is 14.2. The Morgan fingerprint density at radius 3 is 2.43 bits per heavy atom. The molecule has 1 aliphatic rings. The lowest BCUT2D eigenvalue weighted by molar-refractivity contribution is 0.330. The van der Waals surface area contributed by atoms with E-state index < -0.39 is 16.2 Å². The zero-order valence-electron chi connectivity index (χ0n) is 11.1. The first-order valence-corrected chi connectivity index (χ1v) is 8.69. The van der Waals surface area contributed by atoms with Gasteiger partial charge in [0.15, 0.2) is 0 Å². The molecule has 0 N–H and O–H groups in total. The number of carbonyl (C=O) groups excluding carboxylic acids is 1. The number of halogens is 2. The van der Waals surface area contributed by atoms with Gasteiger partial charge in [-0.1, -0.05) is 29.6 Å². The van der Waals surface area contributed by atoms with Crippen molar-refractivity contribution in [2.75, 3.05) is 6.54 Å². The largest absolute Gasteiger partial charge is 0.245 e. The Kier molecular flexibility index (Phi) is 5.41. The summed E-state index contributed by atoms with van der Waals surface area (Å²) in [6.45, 7) is 0.308. The Balaban J connectivity index is 2.46. The third-order valence-corrected chi connectivity index (χ3v) is 5.63. The van der Waals surface area contributed by atoms with E-state index in [1.54, 1.807) is 0 Å². The monoisotopic (exact) mass is 348 g/mol. The van der Waals surface area contributed by atoms with Crippen molar-refractivity contribution in [3.05, 3.63) is 28.2 Å². The second kappa shape index (κ2) is 6.90. The van der Waals surface area contributed by atoms with Gasteiger partial charge in [-0.2, -0.15) is 9.30 Å². The van der Waals surface area contributed by atoms with Crippen LogP contribution in [0, 0.1) is 0 Å². The molecule has 1 heterocycles. The van der Waals surface area contributed by atoms with Crippen LogP contribution in [-0.2, 0) is 14.8 Å². The van der Waals surface area contributed by atoms with Gasteiger partial charge in [0, 0.05) is 16.6 Å². The molecule has 1 aliphatic heterocycles. The van der Waals surface area contributed by atoms with E-state index in [0.717, 1.165) is 19.3 Å². The first-order chi connectivity index (χ1) is 9.95. The Labute approximate surface area is 133 Å². The number of sulfonamides is 1.